The second kappa shape index (κ2) is 3.58. The average molecular weight is 236 g/mol. The van der Waals surface area contributed by atoms with Crippen molar-refractivity contribution in [2.75, 3.05) is 0 Å². The molecule has 0 radical (unpaired) electrons. The highest BCUT2D eigenvalue weighted by Crippen LogP contribution is 2.55. The second-order valence-electron chi connectivity index (χ2n) is 6.79. The van der Waals surface area contributed by atoms with E-state index in [0.717, 1.165) is 6.42 Å². The van der Waals surface area contributed by atoms with Gasteiger partial charge in [-0.1, -0.05) is 12.5 Å². The predicted octanol–water partition coefficient (Wildman–Crippen LogP) is 2.91. The largest absolute Gasteiger partial charge is 0.389 e. The third kappa shape index (κ3) is 1.53. The molecule has 0 spiro atoms. The van der Waals surface area contributed by atoms with Crippen molar-refractivity contribution in [2.24, 2.45) is 17.8 Å². The number of aliphatic hydroxyl groups excluding tert-OH is 1. The van der Waals surface area contributed by atoms with E-state index < -0.39 is 0 Å². The van der Waals surface area contributed by atoms with Crippen LogP contribution in [-0.2, 0) is 4.74 Å². The summed E-state index contributed by atoms with van der Waals surface area (Å²) in [6, 6.07) is 0. The van der Waals surface area contributed by atoms with Gasteiger partial charge in [0.05, 0.1) is 17.8 Å². The molecule has 5 atom stereocenters. The molecule has 2 heteroatoms. The molecule has 1 aliphatic heterocycles. The summed E-state index contributed by atoms with van der Waals surface area (Å²) >= 11 is 0. The summed E-state index contributed by atoms with van der Waals surface area (Å²) in [6.07, 6.45) is 3.42. The van der Waals surface area contributed by atoms with Gasteiger partial charge in [-0.05, 0) is 57.4 Å². The molecule has 0 amide bonds. The summed E-state index contributed by atoms with van der Waals surface area (Å²) < 4.78 is 6.33. The van der Waals surface area contributed by atoms with Crippen LogP contribution in [0, 0.1) is 17.8 Å². The molecule has 0 bridgehead atoms. The highest BCUT2D eigenvalue weighted by atomic mass is 16.5. The Morgan fingerprint density at radius 3 is 2.76 bits per heavy atom. The third-order valence-electron chi connectivity index (χ3n) is 5.44. The van der Waals surface area contributed by atoms with E-state index in [2.05, 4.69) is 27.7 Å². The lowest BCUT2D eigenvalue weighted by Crippen LogP contribution is -2.40. The van der Waals surface area contributed by atoms with E-state index in [9.17, 15) is 5.11 Å². The van der Waals surface area contributed by atoms with Crippen LogP contribution >= 0.6 is 0 Å². The maximum Gasteiger partial charge on any atom is 0.0754 e. The van der Waals surface area contributed by atoms with Gasteiger partial charge in [-0.3, -0.25) is 0 Å². The molecule has 1 N–H and O–H groups in total. The smallest absolute Gasteiger partial charge is 0.0754 e. The molecule has 1 saturated carbocycles. The van der Waals surface area contributed by atoms with E-state index in [1.54, 1.807) is 0 Å². The van der Waals surface area contributed by atoms with Gasteiger partial charge in [0.15, 0.2) is 0 Å². The van der Waals surface area contributed by atoms with Gasteiger partial charge in [-0.15, -0.1) is 0 Å². The first-order valence-electron chi connectivity index (χ1n) is 6.97. The van der Waals surface area contributed by atoms with Crippen molar-refractivity contribution in [2.45, 2.75) is 64.8 Å². The van der Waals surface area contributed by atoms with Gasteiger partial charge in [0.2, 0.25) is 0 Å². The SMILES string of the molecule is CC1=C2CC[C@@H](C)[C@H]3OC(C)(C)[C@H](C[C@H]1O)[C@H]23. The topological polar surface area (TPSA) is 29.5 Å². The van der Waals surface area contributed by atoms with Gasteiger partial charge in [0, 0.05) is 5.92 Å². The van der Waals surface area contributed by atoms with Crippen LogP contribution in [0.3, 0.4) is 0 Å². The van der Waals surface area contributed by atoms with Crippen molar-refractivity contribution >= 4 is 0 Å². The first-order chi connectivity index (χ1) is 7.92. The molecule has 2 fully saturated rings. The Morgan fingerprint density at radius 1 is 1.35 bits per heavy atom. The van der Waals surface area contributed by atoms with Gasteiger partial charge < -0.3 is 9.84 Å². The molecule has 2 aliphatic carbocycles. The summed E-state index contributed by atoms with van der Waals surface area (Å²) in [4.78, 5) is 0. The van der Waals surface area contributed by atoms with Crippen molar-refractivity contribution in [3.63, 3.8) is 0 Å². The second-order valence-corrected chi connectivity index (χ2v) is 6.79. The Kier molecular flexibility index (Phi) is 2.47. The minimum absolute atomic E-state index is 0.0686. The summed E-state index contributed by atoms with van der Waals surface area (Å²) in [5.41, 5.74) is 2.69. The van der Waals surface area contributed by atoms with Crippen LogP contribution < -0.4 is 0 Å². The van der Waals surface area contributed by atoms with Crippen molar-refractivity contribution < 1.29 is 9.84 Å². The van der Waals surface area contributed by atoms with E-state index in [-0.39, 0.29) is 11.7 Å². The molecular formula is C15H24O2. The predicted molar refractivity (Wildman–Crippen MR) is 67.7 cm³/mol. The van der Waals surface area contributed by atoms with Crippen LogP contribution in [0.4, 0.5) is 0 Å². The molecule has 2 nitrogen and oxygen atoms in total. The Bertz CT molecular complexity index is 369. The number of hydrogen-bond acceptors (Lipinski definition) is 2. The maximum atomic E-state index is 10.2. The van der Waals surface area contributed by atoms with Gasteiger partial charge in [-0.2, -0.15) is 0 Å². The third-order valence-corrected chi connectivity index (χ3v) is 5.44. The fourth-order valence-electron chi connectivity index (χ4n) is 4.32. The first-order valence-corrected chi connectivity index (χ1v) is 6.97. The van der Waals surface area contributed by atoms with E-state index in [1.807, 2.05) is 0 Å². The molecule has 0 unspecified atom stereocenters. The fourth-order valence-corrected chi connectivity index (χ4v) is 4.32. The zero-order chi connectivity index (χ0) is 12.4. The molecule has 96 valence electrons. The molecule has 1 heterocycles. The normalized spacial score (nSPS) is 48.2. The summed E-state index contributed by atoms with van der Waals surface area (Å²) in [5.74, 6) is 1.75. The van der Waals surface area contributed by atoms with Gasteiger partial charge in [0.1, 0.15) is 0 Å². The summed E-state index contributed by atoms with van der Waals surface area (Å²) in [6.45, 7) is 8.84. The minimum atomic E-state index is -0.235. The molecular weight excluding hydrogens is 212 g/mol. The lowest BCUT2D eigenvalue weighted by atomic mass is 9.63. The van der Waals surface area contributed by atoms with Crippen LogP contribution in [0.25, 0.3) is 0 Å². The minimum Gasteiger partial charge on any atom is -0.389 e. The molecule has 3 rings (SSSR count). The van der Waals surface area contributed by atoms with Crippen LogP contribution in [0.2, 0.25) is 0 Å². The fraction of sp³-hybridized carbons (Fsp3) is 0.867. The summed E-state index contributed by atoms with van der Waals surface area (Å²) in [7, 11) is 0. The molecule has 3 aliphatic rings. The van der Waals surface area contributed by atoms with Gasteiger partial charge >= 0.3 is 0 Å². The van der Waals surface area contributed by atoms with Crippen LogP contribution in [0.5, 0.6) is 0 Å². The molecule has 1 saturated heterocycles. The lowest BCUT2D eigenvalue weighted by molar-refractivity contribution is -0.0579. The van der Waals surface area contributed by atoms with Crippen molar-refractivity contribution in [1.82, 2.24) is 0 Å². The van der Waals surface area contributed by atoms with Crippen molar-refractivity contribution in [3.05, 3.63) is 11.1 Å². The maximum absolute atomic E-state index is 10.2. The monoisotopic (exact) mass is 236 g/mol. The van der Waals surface area contributed by atoms with Gasteiger partial charge in [0.25, 0.3) is 0 Å². The highest BCUT2D eigenvalue weighted by molar-refractivity contribution is 5.30. The van der Waals surface area contributed by atoms with Crippen LogP contribution in [0.1, 0.15) is 47.0 Å². The number of aliphatic hydroxyl groups is 1. The summed E-state index contributed by atoms with van der Waals surface area (Å²) in [5, 5.41) is 10.2. The first kappa shape index (κ1) is 11.7. The zero-order valence-electron chi connectivity index (χ0n) is 11.4. The van der Waals surface area contributed by atoms with Crippen LogP contribution in [0.15, 0.2) is 11.1 Å². The molecule has 0 aromatic rings. The molecule has 0 aromatic heterocycles. The Morgan fingerprint density at radius 2 is 2.06 bits per heavy atom. The molecule has 0 aromatic carbocycles. The van der Waals surface area contributed by atoms with Crippen molar-refractivity contribution in [1.29, 1.82) is 0 Å². The van der Waals surface area contributed by atoms with Crippen molar-refractivity contribution in [3.8, 4) is 0 Å². The zero-order valence-corrected chi connectivity index (χ0v) is 11.4. The Labute approximate surface area is 104 Å². The number of rotatable bonds is 0. The lowest BCUT2D eigenvalue weighted by Gasteiger charge is -2.41. The van der Waals surface area contributed by atoms with E-state index >= 15 is 0 Å². The highest BCUT2D eigenvalue weighted by Gasteiger charge is 2.56. The Hall–Kier alpha value is -0.340. The van der Waals surface area contributed by atoms with E-state index in [0.29, 0.717) is 23.9 Å². The standard InChI is InChI=1S/C15H24O2/c1-8-5-6-10-9(2)12(16)7-11-13(10)14(8)17-15(11,3)4/h8,11-14,16H,5-7H2,1-4H3/t8-,11-,12-,13+,14-/m1/s1. The number of ether oxygens (including phenoxy) is 1. The van der Waals surface area contributed by atoms with Gasteiger partial charge in [-0.25, -0.2) is 0 Å². The number of hydrogen-bond donors (Lipinski definition) is 1. The average Bonchev–Trinajstić information content (AvgIpc) is 2.51. The van der Waals surface area contributed by atoms with E-state index in [1.165, 1.54) is 24.0 Å². The van der Waals surface area contributed by atoms with Crippen LogP contribution in [-0.4, -0.2) is 22.9 Å². The molecule has 17 heavy (non-hydrogen) atoms. The quantitative estimate of drug-likeness (QED) is 0.655. The van der Waals surface area contributed by atoms with E-state index in [4.69, 9.17) is 4.74 Å². The Balaban J connectivity index is 2.07.